The van der Waals surface area contributed by atoms with Gasteiger partial charge in [0.15, 0.2) is 0 Å². The third kappa shape index (κ3) is 6.63. The summed E-state index contributed by atoms with van der Waals surface area (Å²) in [5.74, 6) is 0.0510. The highest BCUT2D eigenvalue weighted by molar-refractivity contribution is 5.85. The molecule has 7 heteroatoms. The monoisotopic (exact) mass is 293 g/mol. The van der Waals surface area contributed by atoms with E-state index in [0.717, 1.165) is 12.8 Å². The van der Waals surface area contributed by atoms with Crippen molar-refractivity contribution in [3.05, 3.63) is 0 Å². The zero-order chi connectivity index (χ0) is 13.4. The highest BCUT2D eigenvalue weighted by Crippen LogP contribution is 2.11. The molecule has 2 amide bonds. The molecule has 0 spiro atoms. The minimum Gasteiger partial charge on any atom is -0.450 e. The van der Waals surface area contributed by atoms with Gasteiger partial charge < -0.3 is 20.7 Å². The average molecular weight is 294 g/mol. The second-order valence-electron chi connectivity index (χ2n) is 4.42. The van der Waals surface area contributed by atoms with Crippen LogP contribution in [0.25, 0.3) is 0 Å². The van der Waals surface area contributed by atoms with Crippen LogP contribution in [0, 0.1) is 0 Å². The average Bonchev–Trinajstić information content (AvgIpc) is 2.37. The van der Waals surface area contributed by atoms with E-state index in [-0.39, 0.29) is 30.4 Å². The van der Waals surface area contributed by atoms with Gasteiger partial charge in [-0.3, -0.25) is 4.79 Å². The third-order valence-electron chi connectivity index (χ3n) is 2.99. The normalized spacial score (nSPS) is 15.6. The number of rotatable bonds is 5. The topological polar surface area (TPSA) is 84.7 Å². The lowest BCUT2D eigenvalue weighted by Gasteiger charge is -2.31. The summed E-state index contributed by atoms with van der Waals surface area (Å²) in [5.41, 5.74) is 5.35. The molecule has 0 unspecified atom stereocenters. The number of piperidine rings is 1. The Morgan fingerprint density at radius 3 is 2.53 bits per heavy atom. The van der Waals surface area contributed by atoms with E-state index in [2.05, 4.69) is 5.32 Å². The first-order valence-electron chi connectivity index (χ1n) is 6.58. The largest absolute Gasteiger partial charge is 0.450 e. The molecule has 0 aliphatic carbocycles. The van der Waals surface area contributed by atoms with E-state index in [4.69, 9.17) is 10.5 Å². The van der Waals surface area contributed by atoms with Crippen LogP contribution in [0.2, 0.25) is 0 Å². The molecule has 1 rings (SSSR count). The Balaban J connectivity index is 0.00000324. The Kier molecular flexibility index (Phi) is 9.34. The lowest BCUT2D eigenvalue weighted by atomic mass is 10.1. The molecule has 6 nitrogen and oxygen atoms in total. The van der Waals surface area contributed by atoms with E-state index in [1.807, 2.05) is 0 Å². The van der Waals surface area contributed by atoms with E-state index in [1.54, 1.807) is 11.8 Å². The van der Waals surface area contributed by atoms with E-state index >= 15 is 0 Å². The molecule has 0 aromatic carbocycles. The minimum atomic E-state index is -0.259. The van der Waals surface area contributed by atoms with Gasteiger partial charge in [-0.05, 0) is 32.7 Å². The van der Waals surface area contributed by atoms with Crippen LogP contribution in [-0.2, 0) is 9.53 Å². The second kappa shape index (κ2) is 9.86. The fourth-order valence-corrected chi connectivity index (χ4v) is 1.98. The standard InChI is InChI=1S/C12H23N3O3.ClH/c1-2-18-12(17)15-8-5-10(6-9-15)14-11(16)4-3-7-13;/h10H,2-9,13H2,1H3,(H,14,16);1H. The first kappa shape index (κ1) is 18.0. The van der Waals surface area contributed by atoms with Gasteiger partial charge in [0, 0.05) is 25.6 Å². The number of nitrogens with two attached hydrogens (primary N) is 1. The summed E-state index contributed by atoms with van der Waals surface area (Å²) < 4.78 is 4.94. The van der Waals surface area contributed by atoms with Gasteiger partial charge in [-0.15, -0.1) is 12.4 Å². The van der Waals surface area contributed by atoms with Crippen molar-refractivity contribution >= 4 is 24.4 Å². The van der Waals surface area contributed by atoms with E-state index in [0.29, 0.717) is 39.1 Å². The molecule has 1 heterocycles. The second-order valence-corrected chi connectivity index (χ2v) is 4.42. The predicted octanol–water partition coefficient (Wildman–Crippen LogP) is 0.884. The first-order valence-corrected chi connectivity index (χ1v) is 6.58. The zero-order valence-electron chi connectivity index (χ0n) is 11.4. The maximum absolute atomic E-state index is 11.5. The maximum atomic E-state index is 11.5. The summed E-state index contributed by atoms with van der Waals surface area (Å²) in [6.07, 6.45) is 2.51. The molecular weight excluding hydrogens is 270 g/mol. The van der Waals surface area contributed by atoms with Crippen molar-refractivity contribution in [2.24, 2.45) is 5.73 Å². The molecule has 112 valence electrons. The molecule has 1 fully saturated rings. The van der Waals surface area contributed by atoms with E-state index < -0.39 is 0 Å². The van der Waals surface area contributed by atoms with Gasteiger partial charge >= 0.3 is 6.09 Å². The smallest absolute Gasteiger partial charge is 0.409 e. The molecule has 0 saturated carbocycles. The fourth-order valence-electron chi connectivity index (χ4n) is 1.98. The molecule has 0 bridgehead atoms. The van der Waals surface area contributed by atoms with Crippen LogP contribution in [0.3, 0.4) is 0 Å². The summed E-state index contributed by atoms with van der Waals surface area (Å²) in [6.45, 7) is 4.01. The Bertz CT molecular complexity index is 281. The van der Waals surface area contributed by atoms with Crippen LogP contribution in [0.4, 0.5) is 4.79 Å². The fraction of sp³-hybridized carbons (Fsp3) is 0.833. The van der Waals surface area contributed by atoms with Crippen molar-refractivity contribution < 1.29 is 14.3 Å². The van der Waals surface area contributed by atoms with Gasteiger partial charge in [0.2, 0.25) is 5.91 Å². The molecule has 0 atom stereocenters. The molecule has 19 heavy (non-hydrogen) atoms. The predicted molar refractivity (Wildman–Crippen MR) is 75.3 cm³/mol. The minimum absolute atomic E-state index is 0. The summed E-state index contributed by atoms with van der Waals surface area (Å²) in [6, 6.07) is 0.168. The van der Waals surface area contributed by atoms with Crippen molar-refractivity contribution in [3.63, 3.8) is 0 Å². The molecule has 0 aromatic heterocycles. The van der Waals surface area contributed by atoms with Gasteiger partial charge in [0.1, 0.15) is 0 Å². The Hall–Kier alpha value is -1.01. The first-order chi connectivity index (χ1) is 8.67. The van der Waals surface area contributed by atoms with Gasteiger partial charge in [0.25, 0.3) is 0 Å². The van der Waals surface area contributed by atoms with Crippen molar-refractivity contribution in [2.75, 3.05) is 26.2 Å². The zero-order valence-corrected chi connectivity index (χ0v) is 12.2. The highest BCUT2D eigenvalue weighted by Gasteiger charge is 2.24. The number of hydrogen-bond acceptors (Lipinski definition) is 4. The van der Waals surface area contributed by atoms with Crippen molar-refractivity contribution in [1.82, 2.24) is 10.2 Å². The van der Waals surface area contributed by atoms with Crippen molar-refractivity contribution in [3.8, 4) is 0 Å². The molecule has 0 aromatic rings. The number of nitrogens with one attached hydrogen (secondary N) is 1. The Morgan fingerprint density at radius 2 is 2.00 bits per heavy atom. The van der Waals surface area contributed by atoms with Crippen LogP contribution in [0.5, 0.6) is 0 Å². The number of ether oxygens (including phenoxy) is 1. The number of nitrogens with zero attached hydrogens (tertiary/aromatic N) is 1. The van der Waals surface area contributed by atoms with Gasteiger partial charge in [-0.2, -0.15) is 0 Å². The summed E-state index contributed by atoms with van der Waals surface area (Å²) >= 11 is 0. The number of carbonyl (C=O) groups excluding carboxylic acids is 2. The maximum Gasteiger partial charge on any atom is 0.409 e. The number of likely N-dealkylation sites (tertiary alicyclic amines) is 1. The van der Waals surface area contributed by atoms with E-state index in [9.17, 15) is 9.59 Å². The van der Waals surface area contributed by atoms with Gasteiger partial charge in [0.05, 0.1) is 6.61 Å². The molecule has 3 N–H and O–H groups in total. The molecule has 1 saturated heterocycles. The van der Waals surface area contributed by atoms with Gasteiger partial charge in [-0.1, -0.05) is 0 Å². The Morgan fingerprint density at radius 1 is 1.37 bits per heavy atom. The van der Waals surface area contributed by atoms with E-state index in [1.165, 1.54) is 0 Å². The molecule has 0 radical (unpaired) electrons. The lowest BCUT2D eigenvalue weighted by molar-refractivity contribution is -0.122. The quantitative estimate of drug-likeness (QED) is 0.788. The van der Waals surface area contributed by atoms with Crippen molar-refractivity contribution in [2.45, 2.75) is 38.6 Å². The summed E-state index contributed by atoms with van der Waals surface area (Å²) in [5, 5.41) is 2.97. The van der Waals surface area contributed by atoms with Crippen LogP contribution in [0.1, 0.15) is 32.6 Å². The SMILES string of the molecule is CCOC(=O)N1CCC(NC(=O)CCCN)CC1.Cl. The number of halogens is 1. The number of hydrogen-bond donors (Lipinski definition) is 2. The number of amides is 2. The number of carbonyl (C=O) groups is 2. The summed E-state index contributed by atoms with van der Waals surface area (Å²) in [4.78, 5) is 24.7. The molecule has 1 aliphatic heterocycles. The lowest BCUT2D eigenvalue weighted by Crippen LogP contribution is -2.46. The van der Waals surface area contributed by atoms with Gasteiger partial charge in [-0.25, -0.2) is 4.79 Å². The molecule has 1 aliphatic rings. The molecular formula is C12H24ClN3O3. The van der Waals surface area contributed by atoms with Crippen LogP contribution in [0.15, 0.2) is 0 Å². The third-order valence-corrected chi connectivity index (χ3v) is 2.99. The summed E-state index contributed by atoms with van der Waals surface area (Å²) in [7, 11) is 0. The van der Waals surface area contributed by atoms with Crippen LogP contribution >= 0.6 is 12.4 Å². The highest BCUT2D eigenvalue weighted by atomic mass is 35.5. The van der Waals surface area contributed by atoms with Crippen LogP contribution < -0.4 is 11.1 Å². The van der Waals surface area contributed by atoms with Crippen LogP contribution in [-0.4, -0.2) is 49.2 Å². The van der Waals surface area contributed by atoms with Crippen molar-refractivity contribution in [1.29, 1.82) is 0 Å². The Labute approximate surface area is 120 Å².